The van der Waals surface area contributed by atoms with Gasteiger partial charge >= 0.3 is 0 Å². The highest BCUT2D eigenvalue weighted by Crippen LogP contribution is 2.37. The molecule has 1 aliphatic carbocycles. The van der Waals surface area contributed by atoms with Crippen LogP contribution in [0, 0.1) is 5.92 Å². The summed E-state index contributed by atoms with van der Waals surface area (Å²) in [7, 11) is 1.66. The molecule has 6 heteroatoms. The molecule has 4 rings (SSSR count). The molecule has 160 valence electrons. The minimum Gasteiger partial charge on any atom is -0.496 e. The number of hydrogen-bond acceptors (Lipinski definition) is 3. The maximum atomic E-state index is 13.5. The van der Waals surface area contributed by atoms with Gasteiger partial charge in [-0.1, -0.05) is 24.6 Å². The Bertz CT molecular complexity index is 916. The topological polar surface area (TPSA) is 54.8 Å². The van der Waals surface area contributed by atoms with Crippen LogP contribution in [0.5, 0.6) is 5.75 Å². The number of hydrogen-bond donors (Lipinski definition) is 0. The number of rotatable bonds is 6. The predicted octanol–water partition coefficient (Wildman–Crippen LogP) is 3.47. The van der Waals surface area contributed by atoms with Gasteiger partial charge < -0.3 is 19.1 Å². The van der Waals surface area contributed by atoms with E-state index in [-0.39, 0.29) is 36.4 Å². The van der Waals surface area contributed by atoms with Crippen LogP contribution in [0.2, 0.25) is 0 Å². The number of amides is 2. The third-order valence-electron chi connectivity index (χ3n) is 6.46. The van der Waals surface area contributed by atoms with E-state index in [1.807, 2.05) is 49.1 Å². The van der Waals surface area contributed by atoms with Gasteiger partial charge in [0, 0.05) is 42.5 Å². The molecule has 1 aromatic heterocycles. The Hall–Kier alpha value is -2.76. The molecule has 0 saturated heterocycles. The van der Waals surface area contributed by atoms with E-state index < -0.39 is 0 Å². The Kier molecular flexibility index (Phi) is 5.84. The van der Waals surface area contributed by atoms with Gasteiger partial charge in [0.2, 0.25) is 11.8 Å². The molecule has 0 bridgehead atoms. The first-order valence-electron chi connectivity index (χ1n) is 10.9. The number of fused-ring (bicyclic) bond motifs is 1. The van der Waals surface area contributed by atoms with Crippen molar-refractivity contribution in [1.29, 1.82) is 0 Å². The largest absolute Gasteiger partial charge is 0.496 e. The third-order valence-corrected chi connectivity index (χ3v) is 6.46. The van der Waals surface area contributed by atoms with E-state index in [1.165, 1.54) is 0 Å². The van der Waals surface area contributed by atoms with Crippen molar-refractivity contribution in [2.75, 3.05) is 20.2 Å². The number of nitrogens with zero attached hydrogens (tertiary/aromatic N) is 3. The van der Waals surface area contributed by atoms with Crippen LogP contribution in [0.3, 0.4) is 0 Å². The van der Waals surface area contributed by atoms with Crippen LogP contribution < -0.4 is 4.74 Å². The summed E-state index contributed by atoms with van der Waals surface area (Å²) in [6.45, 7) is 5.45. The van der Waals surface area contributed by atoms with Crippen LogP contribution in [-0.2, 0) is 16.1 Å². The molecule has 30 heavy (non-hydrogen) atoms. The highest BCUT2D eigenvalue weighted by Gasteiger charge is 2.37. The SMILES string of the molecule is COc1ccccc1C1c2cccn2CCN1C(=O)CN(C(=O)C1CCC1)C(C)C. The van der Waals surface area contributed by atoms with E-state index >= 15 is 0 Å². The maximum absolute atomic E-state index is 13.5. The molecule has 1 fully saturated rings. The minimum absolute atomic E-state index is 0.000383. The van der Waals surface area contributed by atoms with Gasteiger partial charge in [-0.15, -0.1) is 0 Å². The first-order chi connectivity index (χ1) is 14.5. The molecule has 0 spiro atoms. The summed E-state index contributed by atoms with van der Waals surface area (Å²) in [5, 5.41) is 0. The van der Waals surface area contributed by atoms with Crippen molar-refractivity contribution in [1.82, 2.24) is 14.4 Å². The molecule has 2 aromatic rings. The summed E-state index contributed by atoms with van der Waals surface area (Å²) in [6.07, 6.45) is 5.05. The van der Waals surface area contributed by atoms with E-state index in [4.69, 9.17) is 4.74 Å². The second kappa shape index (κ2) is 8.54. The van der Waals surface area contributed by atoms with Crippen LogP contribution in [0.25, 0.3) is 0 Å². The molecule has 2 aliphatic rings. The van der Waals surface area contributed by atoms with Crippen molar-refractivity contribution >= 4 is 11.8 Å². The normalized spacial score (nSPS) is 18.7. The zero-order chi connectivity index (χ0) is 21.3. The van der Waals surface area contributed by atoms with Crippen LogP contribution in [-0.4, -0.2) is 52.4 Å². The summed E-state index contributed by atoms with van der Waals surface area (Å²) in [5.41, 5.74) is 2.04. The Morgan fingerprint density at radius 2 is 1.90 bits per heavy atom. The number of aromatic nitrogens is 1. The number of ether oxygens (including phenoxy) is 1. The fourth-order valence-electron chi connectivity index (χ4n) is 4.51. The van der Waals surface area contributed by atoms with Crippen molar-refractivity contribution in [3.05, 3.63) is 53.9 Å². The zero-order valence-corrected chi connectivity index (χ0v) is 18.1. The zero-order valence-electron chi connectivity index (χ0n) is 18.1. The molecule has 0 N–H and O–H groups in total. The number of benzene rings is 1. The number of carbonyl (C=O) groups is 2. The molecule has 1 aliphatic heterocycles. The predicted molar refractivity (Wildman–Crippen MR) is 115 cm³/mol. The Labute approximate surface area is 178 Å². The molecule has 1 atom stereocenters. The van der Waals surface area contributed by atoms with E-state index in [0.717, 1.165) is 42.8 Å². The summed E-state index contributed by atoms with van der Waals surface area (Å²) < 4.78 is 7.81. The van der Waals surface area contributed by atoms with Crippen LogP contribution in [0.15, 0.2) is 42.6 Å². The fraction of sp³-hybridized carbons (Fsp3) is 0.500. The monoisotopic (exact) mass is 409 g/mol. The lowest BCUT2D eigenvalue weighted by molar-refractivity contribution is -0.147. The van der Waals surface area contributed by atoms with E-state index in [9.17, 15) is 9.59 Å². The average molecular weight is 410 g/mol. The van der Waals surface area contributed by atoms with E-state index in [2.05, 4.69) is 16.8 Å². The summed E-state index contributed by atoms with van der Waals surface area (Å²) >= 11 is 0. The minimum atomic E-state index is -0.231. The van der Waals surface area contributed by atoms with Crippen molar-refractivity contribution < 1.29 is 14.3 Å². The second-order valence-corrected chi connectivity index (χ2v) is 8.55. The molecule has 0 radical (unpaired) electrons. The first-order valence-corrected chi connectivity index (χ1v) is 10.9. The molecule has 1 unspecified atom stereocenters. The van der Waals surface area contributed by atoms with Gasteiger partial charge in [0.05, 0.1) is 7.11 Å². The van der Waals surface area contributed by atoms with Gasteiger partial charge in [0.1, 0.15) is 18.3 Å². The maximum Gasteiger partial charge on any atom is 0.243 e. The summed E-state index contributed by atoms with van der Waals surface area (Å²) in [6, 6.07) is 11.7. The van der Waals surface area contributed by atoms with E-state index in [1.54, 1.807) is 12.0 Å². The average Bonchev–Trinajstić information content (AvgIpc) is 3.18. The molecule has 6 nitrogen and oxygen atoms in total. The van der Waals surface area contributed by atoms with Gasteiger partial charge in [-0.2, -0.15) is 0 Å². The van der Waals surface area contributed by atoms with Crippen LogP contribution >= 0.6 is 0 Å². The Balaban J connectivity index is 1.64. The first kappa shape index (κ1) is 20.5. The van der Waals surface area contributed by atoms with Crippen LogP contribution in [0.4, 0.5) is 0 Å². The van der Waals surface area contributed by atoms with Gasteiger partial charge in [-0.25, -0.2) is 0 Å². The fourth-order valence-corrected chi connectivity index (χ4v) is 4.51. The quantitative estimate of drug-likeness (QED) is 0.734. The number of methoxy groups -OCH3 is 1. The number of para-hydroxylation sites is 1. The van der Waals surface area contributed by atoms with Crippen molar-refractivity contribution in [3.63, 3.8) is 0 Å². The van der Waals surface area contributed by atoms with E-state index in [0.29, 0.717) is 6.54 Å². The van der Waals surface area contributed by atoms with Crippen molar-refractivity contribution in [2.24, 2.45) is 5.92 Å². The van der Waals surface area contributed by atoms with Gasteiger partial charge in [-0.05, 0) is 44.9 Å². The van der Waals surface area contributed by atoms with Crippen LogP contribution in [0.1, 0.15) is 50.4 Å². The highest BCUT2D eigenvalue weighted by atomic mass is 16.5. The highest BCUT2D eigenvalue weighted by molar-refractivity contribution is 5.87. The smallest absolute Gasteiger partial charge is 0.243 e. The Morgan fingerprint density at radius 3 is 2.57 bits per heavy atom. The van der Waals surface area contributed by atoms with Gasteiger partial charge in [0.25, 0.3) is 0 Å². The van der Waals surface area contributed by atoms with Crippen molar-refractivity contribution in [3.8, 4) is 5.75 Å². The lowest BCUT2D eigenvalue weighted by Gasteiger charge is -2.40. The molecule has 2 amide bonds. The lowest BCUT2D eigenvalue weighted by atomic mass is 9.84. The van der Waals surface area contributed by atoms with Gasteiger partial charge in [0.15, 0.2) is 0 Å². The molecular formula is C24H31N3O3. The molecule has 1 saturated carbocycles. The molecular weight excluding hydrogens is 378 g/mol. The summed E-state index contributed by atoms with van der Waals surface area (Å²) in [4.78, 5) is 30.1. The molecule has 2 heterocycles. The lowest BCUT2D eigenvalue weighted by Crippen LogP contribution is -2.51. The Morgan fingerprint density at radius 1 is 1.13 bits per heavy atom. The summed E-state index contributed by atoms with van der Waals surface area (Å²) in [5.74, 6) is 0.962. The third kappa shape index (κ3) is 3.71. The molecule has 1 aromatic carbocycles. The van der Waals surface area contributed by atoms with Crippen molar-refractivity contribution in [2.45, 2.75) is 51.7 Å². The standard InChI is InChI=1S/C24H31N3O3/c1-17(2)27(24(29)18-8-6-9-18)16-22(28)26-15-14-25-13-7-11-20(25)23(26)19-10-4-5-12-21(19)30-3/h4-5,7,10-13,17-18,23H,6,8-9,14-16H2,1-3H3. The number of carbonyl (C=O) groups excluding carboxylic acids is 2. The second-order valence-electron chi connectivity index (χ2n) is 8.55. The van der Waals surface area contributed by atoms with Gasteiger partial charge in [-0.3, -0.25) is 9.59 Å².